The average molecular weight is 419 g/mol. The van der Waals surface area contributed by atoms with Crippen LogP contribution in [0.4, 0.5) is 4.39 Å². The number of likely N-dealkylation sites (tertiary alicyclic amines) is 1. The van der Waals surface area contributed by atoms with Gasteiger partial charge in [-0.15, -0.1) is 0 Å². The monoisotopic (exact) mass is 418 g/mol. The largest absolute Gasteiger partial charge is 0.493 e. The van der Waals surface area contributed by atoms with Crippen LogP contribution >= 0.6 is 11.6 Å². The molecular formula is C22H24ClFN2O3. The van der Waals surface area contributed by atoms with Crippen molar-refractivity contribution in [2.45, 2.75) is 26.2 Å². The molecule has 7 heteroatoms. The number of carbonyl (C=O) groups excluding carboxylic acids is 2. The molecule has 3 rings (SSSR count). The normalized spacial score (nSPS) is 19.1. The highest BCUT2D eigenvalue weighted by Crippen LogP contribution is 2.35. The second kappa shape index (κ2) is 8.82. The van der Waals surface area contributed by atoms with Gasteiger partial charge in [-0.3, -0.25) is 9.59 Å². The molecule has 154 valence electrons. The molecule has 0 aliphatic carbocycles. The van der Waals surface area contributed by atoms with E-state index in [1.807, 2.05) is 13.0 Å². The minimum atomic E-state index is -0.626. The molecule has 2 amide bonds. The van der Waals surface area contributed by atoms with E-state index in [9.17, 15) is 14.0 Å². The third-order valence-electron chi connectivity index (χ3n) is 5.28. The average Bonchev–Trinajstić information content (AvgIpc) is 2.68. The van der Waals surface area contributed by atoms with E-state index in [1.54, 1.807) is 29.2 Å². The van der Waals surface area contributed by atoms with Gasteiger partial charge in [0.15, 0.2) is 0 Å². The molecule has 2 N–H and O–H groups in total. The SMILES string of the molecule is Cc1cc(OC[C@]2(CC(N)=O)CCCN(C(=O)c3ccccc3F)C2)ccc1Cl. The van der Waals surface area contributed by atoms with Crippen molar-refractivity contribution >= 4 is 23.4 Å². The summed E-state index contributed by atoms with van der Waals surface area (Å²) in [5, 5.41) is 0.642. The maximum absolute atomic E-state index is 14.1. The van der Waals surface area contributed by atoms with Crippen LogP contribution in [0, 0.1) is 18.2 Å². The van der Waals surface area contributed by atoms with Gasteiger partial charge in [-0.25, -0.2) is 4.39 Å². The number of nitrogens with two attached hydrogens (primary N) is 1. The Morgan fingerprint density at radius 1 is 1.28 bits per heavy atom. The third kappa shape index (κ3) is 5.07. The standard InChI is InChI=1S/C22H24ClFN2O3/c1-15-11-16(7-8-18(15)23)29-14-22(12-20(25)27)9-4-10-26(13-22)21(28)17-5-2-3-6-19(17)24/h2-3,5-8,11H,4,9-10,12-14H2,1H3,(H2,25,27)/t22-/m0/s1. The summed E-state index contributed by atoms with van der Waals surface area (Å²) in [6.07, 6.45) is 1.45. The maximum Gasteiger partial charge on any atom is 0.256 e. The van der Waals surface area contributed by atoms with Crippen molar-refractivity contribution < 1.29 is 18.7 Å². The lowest BCUT2D eigenvalue weighted by Gasteiger charge is -2.42. The van der Waals surface area contributed by atoms with Gasteiger partial charge in [-0.2, -0.15) is 0 Å². The molecule has 1 aliphatic rings. The summed E-state index contributed by atoms with van der Waals surface area (Å²) in [5.74, 6) is -0.773. The number of halogens is 2. The summed E-state index contributed by atoms with van der Waals surface area (Å²) in [5.41, 5.74) is 5.78. The fourth-order valence-corrected chi connectivity index (χ4v) is 3.93. The van der Waals surface area contributed by atoms with Gasteiger partial charge in [-0.1, -0.05) is 23.7 Å². The smallest absolute Gasteiger partial charge is 0.256 e. The fourth-order valence-electron chi connectivity index (χ4n) is 3.81. The van der Waals surface area contributed by atoms with Gasteiger partial charge in [0, 0.05) is 29.9 Å². The highest BCUT2D eigenvalue weighted by atomic mass is 35.5. The van der Waals surface area contributed by atoms with Crippen LogP contribution in [0.15, 0.2) is 42.5 Å². The molecule has 0 radical (unpaired) electrons. The maximum atomic E-state index is 14.1. The van der Waals surface area contributed by atoms with Crippen molar-refractivity contribution in [3.05, 3.63) is 64.4 Å². The number of ether oxygens (including phenoxy) is 1. The Morgan fingerprint density at radius 2 is 2.03 bits per heavy atom. The predicted octanol–water partition coefficient (Wildman–Crippen LogP) is 3.96. The van der Waals surface area contributed by atoms with Gasteiger partial charge in [0.05, 0.1) is 12.2 Å². The lowest BCUT2D eigenvalue weighted by Crippen LogP contribution is -2.50. The first kappa shape index (κ1) is 21.1. The van der Waals surface area contributed by atoms with Crippen molar-refractivity contribution in [3.8, 4) is 5.75 Å². The first-order chi connectivity index (χ1) is 13.8. The minimum absolute atomic E-state index is 0.0246. The molecule has 2 aromatic rings. The number of rotatable bonds is 6. The third-order valence-corrected chi connectivity index (χ3v) is 5.70. The second-order valence-electron chi connectivity index (χ2n) is 7.65. The first-order valence-electron chi connectivity index (χ1n) is 9.51. The van der Waals surface area contributed by atoms with Crippen LogP contribution < -0.4 is 10.5 Å². The molecule has 5 nitrogen and oxygen atoms in total. The van der Waals surface area contributed by atoms with E-state index in [-0.39, 0.29) is 31.0 Å². The number of benzene rings is 2. The number of carbonyl (C=O) groups is 2. The van der Waals surface area contributed by atoms with Crippen molar-refractivity contribution in [1.29, 1.82) is 0 Å². The fraction of sp³-hybridized carbons (Fsp3) is 0.364. The Kier molecular flexibility index (Phi) is 6.42. The number of hydrogen-bond donors (Lipinski definition) is 1. The Morgan fingerprint density at radius 3 is 2.72 bits per heavy atom. The van der Waals surface area contributed by atoms with Crippen LogP contribution in [0.3, 0.4) is 0 Å². The molecule has 29 heavy (non-hydrogen) atoms. The van der Waals surface area contributed by atoms with Crippen molar-refractivity contribution in [2.75, 3.05) is 19.7 Å². The molecule has 0 unspecified atom stereocenters. The highest BCUT2D eigenvalue weighted by Gasteiger charge is 2.40. The van der Waals surface area contributed by atoms with Crippen LogP contribution in [-0.4, -0.2) is 36.4 Å². The number of piperidine rings is 1. The van der Waals surface area contributed by atoms with E-state index >= 15 is 0 Å². The Labute approximate surface area is 174 Å². The topological polar surface area (TPSA) is 72.6 Å². The van der Waals surface area contributed by atoms with Crippen molar-refractivity contribution in [3.63, 3.8) is 0 Å². The molecule has 1 heterocycles. The number of aryl methyl sites for hydroxylation is 1. The van der Waals surface area contributed by atoms with Gasteiger partial charge in [0.1, 0.15) is 11.6 Å². The number of primary amides is 1. The number of hydrogen-bond acceptors (Lipinski definition) is 3. The van der Waals surface area contributed by atoms with E-state index in [2.05, 4.69) is 0 Å². The molecule has 0 spiro atoms. The van der Waals surface area contributed by atoms with E-state index in [0.29, 0.717) is 30.2 Å². The van der Waals surface area contributed by atoms with E-state index in [1.165, 1.54) is 12.1 Å². The van der Waals surface area contributed by atoms with Gasteiger partial charge in [0.25, 0.3) is 5.91 Å². The van der Waals surface area contributed by atoms with Gasteiger partial charge in [-0.05, 0) is 55.7 Å². The zero-order chi connectivity index (χ0) is 21.0. The Bertz CT molecular complexity index is 921. The minimum Gasteiger partial charge on any atom is -0.493 e. The predicted molar refractivity (Wildman–Crippen MR) is 109 cm³/mol. The molecule has 1 fully saturated rings. The summed E-state index contributed by atoms with van der Waals surface area (Å²) in [6, 6.07) is 11.2. The second-order valence-corrected chi connectivity index (χ2v) is 8.06. The molecule has 0 saturated carbocycles. The quantitative estimate of drug-likeness (QED) is 0.771. The zero-order valence-corrected chi connectivity index (χ0v) is 17.0. The van der Waals surface area contributed by atoms with Gasteiger partial charge in [0.2, 0.25) is 5.91 Å². The molecular weight excluding hydrogens is 395 g/mol. The molecule has 0 aromatic heterocycles. The van der Waals surface area contributed by atoms with Crippen LogP contribution in [-0.2, 0) is 4.79 Å². The van der Waals surface area contributed by atoms with Crippen LogP contribution in [0.2, 0.25) is 5.02 Å². The Balaban J connectivity index is 1.79. The lowest BCUT2D eigenvalue weighted by molar-refractivity contribution is -0.122. The van der Waals surface area contributed by atoms with E-state index in [4.69, 9.17) is 22.1 Å². The summed E-state index contributed by atoms with van der Waals surface area (Å²) >= 11 is 6.06. The molecule has 0 bridgehead atoms. The molecule has 1 atom stereocenters. The van der Waals surface area contributed by atoms with Crippen LogP contribution in [0.5, 0.6) is 5.75 Å². The molecule has 1 saturated heterocycles. The summed E-state index contributed by atoms with van der Waals surface area (Å²) in [4.78, 5) is 26.2. The Hall–Kier alpha value is -2.60. The zero-order valence-electron chi connectivity index (χ0n) is 16.3. The van der Waals surface area contributed by atoms with Crippen molar-refractivity contribution in [1.82, 2.24) is 4.90 Å². The van der Waals surface area contributed by atoms with Crippen LogP contribution in [0.25, 0.3) is 0 Å². The highest BCUT2D eigenvalue weighted by molar-refractivity contribution is 6.31. The van der Waals surface area contributed by atoms with Crippen LogP contribution in [0.1, 0.15) is 35.2 Å². The van der Waals surface area contributed by atoms with Crippen molar-refractivity contribution in [2.24, 2.45) is 11.1 Å². The van der Waals surface area contributed by atoms with Gasteiger partial charge < -0.3 is 15.4 Å². The summed E-state index contributed by atoms with van der Waals surface area (Å²) < 4.78 is 20.0. The summed E-state index contributed by atoms with van der Waals surface area (Å²) in [7, 11) is 0. The first-order valence-corrected chi connectivity index (χ1v) is 9.88. The summed E-state index contributed by atoms with van der Waals surface area (Å²) in [6.45, 7) is 2.87. The molecule has 1 aliphatic heterocycles. The molecule has 2 aromatic carbocycles. The van der Waals surface area contributed by atoms with E-state index < -0.39 is 17.1 Å². The van der Waals surface area contributed by atoms with Gasteiger partial charge >= 0.3 is 0 Å². The van der Waals surface area contributed by atoms with E-state index in [0.717, 1.165) is 5.56 Å². The number of amides is 2. The lowest BCUT2D eigenvalue weighted by atomic mass is 9.77. The number of nitrogens with zero attached hydrogens (tertiary/aromatic N) is 1.